The Kier molecular flexibility index (Phi) is 7.41. The summed E-state index contributed by atoms with van der Waals surface area (Å²) in [6.45, 7) is 9.21. The maximum Gasteiger partial charge on any atom is 0.410 e. The third kappa shape index (κ3) is 6.12. The zero-order valence-corrected chi connectivity index (χ0v) is 24.4. The van der Waals surface area contributed by atoms with Gasteiger partial charge in [0.05, 0.1) is 17.0 Å². The first-order valence-corrected chi connectivity index (χ1v) is 14.2. The Morgan fingerprint density at radius 3 is 2.42 bits per heavy atom. The second kappa shape index (κ2) is 11.3. The molecule has 0 atom stereocenters. The molecular weight excluding hydrogens is 544 g/mol. The van der Waals surface area contributed by atoms with Crippen LogP contribution in [-0.2, 0) is 11.3 Å². The molecule has 5 heterocycles. The van der Waals surface area contributed by atoms with Crippen LogP contribution in [0.1, 0.15) is 26.3 Å². The van der Waals surface area contributed by atoms with Gasteiger partial charge in [0.25, 0.3) is 0 Å². The first-order chi connectivity index (χ1) is 20.6. The van der Waals surface area contributed by atoms with Gasteiger partial charge in [-0.05, 0) is 68.8 Å². The third-order valence-corrected chi connectivity index (χ3v) is 7.25. The minimum Gasteiger partial charge on any atom is -0.444 e. The van der Waals surface area contributed by atoms with Crippen LogP contribution in [0, 0.1) is 0 Å². The number of benzene rings is 1. The third-order valence-electron chi connectivity index (χ3n) is 7.25. The van der Waals surface area contributed by atoms with Gasteiger partial charge in [-0.1, -0.05) is 18.2 Å². The van der Waals surface area contributed by atoms with E-state index in [2.05, 4.69) is 27.0 Å². The molecule has 1 fully saturated rings. The lowest BCUT2D eigenvalue weighted by atomic mass is 10.1. The van der Waals surface area contributed by atoms with Crippen LogP contribution in [0.15, 0.2) is 77.7 Å². The lowest BCUT2D eigenvalue weighted by molar-refractivity contribution is 0.0139. The molecule has 0 unspecified atom stereocenters. The highest BCUT2D eigenvalue weighted by Crippen LogP contribution is 2.31. The molecule has 1 aliphatic rings. The summed E-state index contributed by atoms with van der Waals surface area (Å²) in [6, 6.07) is 20.7. The van der Waals surface area contributed by atoms with Gasteiger partial charge in [0.2, 0.25) is 5.56 Å². The number of imidazole rings is 1. The summed E-state index contributed by atoms with van der Waals surface area (Å²) in [5, 5.41) is 0. The van der Waals surface area contributed by atoms with E-state index in [1.165, 1.54) is 6.07 Å². The normalized spacial score (nSPS) is 14.3. The first-order valence-electron chi connectivity index (χ1n) is 14.2. The lowest BCUT2D eigenvalue weighted by Gasteiger charge is -2.35. The highest BCUT2D eigenvalue weighted by atomic mass is 16.6. The molecule has 4 aromatic heterocycles. The number of aromatic nitrogens is 5. The van der Waals surface area contributed by atoms with Crippen LogP contribution in [0.2, 0.25) is 0 Å². The lowest BCUT2D eigenvalue weighted by Crippen LogP contribution is -2.49. The molecule has 220 valence electrons. The summed E-state index contributed by atoms with van der Waals surface area (Å²) in [5.74, 6) is 0.992. The van der Waals surface area contributed by atoms with Gasteiger partial charge in [0, 0.05) is 50.7 Å². The summed E-state index contributed by atoms with van der Waals surface area (Å²) >= 11 is 0. The van der Waals surface area contributed by atoms with Crippen LogP contribution < -0.4 is 11.3 Å². The van der Waals surface area contributed by atoms with E-state index in [0.717, 1.165) is 30.9 Å². The van der Waals surface area contributed by atoms with Gasteiger partial charge in [-0.15, -0.1) is 0 Å². The number of nitrogen functional groups attached to an aromatic ring is 1. The Bertz CT molecular complexity index is 1830. The Hall–Kier alpha value is -5.03. The number of anilines is 1. The number of nitrogens with zero attached hydrogens (tertiary/aromatic N) is 6. The number of ether oxygens (including phenoxy) is 1. The molecule has 0 radical (unpaired) electrons. The topological polar surface area (TPSA) is 135 Å². The number of nitrogens with one attached hydrogen (secondary N) is 1. The van der Waals surface area contributed by atoms with Crippen molar-refractivity contribution in [2.24, 2.45) is 0 Å². The predicted octanol–water partition coefficient (Wildman–Crippen LogP) is 4.47. The number of carbonyl (C=O) groups is 1. The second-order valence-electron chi connectivity index (χ2n) is 11.6. The average Bonchev–Trinajstić information content (AvgIpc) is 3.36. The Balaban J connectivity index is 1.29. The van der Waals surface area contributed by atoms with Crippen molar-refractivity contribution in [1.82, 2.24) is 34.3 Å². The van der Waals surface area contributed by atoms with Crippen LogP contribution in [0.3, 0.4) is 0 Å². The number of fused-ring (bicyclic) bond motifs is 1. The van der Waals surface area contributed by atoms with Gasteiger partial charge in [-0.25, -0.2) is 19.7 Å². The van der Waals surface area contributed by atoms with Crippen molar-refractivity contribution in [2.45, 2.75) is 32.9 Å². The van der Waals surface area contributed by atoms with Gasteiger partial charge in [-0.3, -0.25) is 14.3 Å². The highest BCUT2D eigenvalue weighted by molar-refractivity contribution is 5.84. The maximum absolute atomic E-state index is 12.4. The molecule has 1 saturated heterocycles. The number of aromatic amines is 1. The van der Waals surface area contributed by atoms with Crippen molar-refractivity contribution >= 4 is 23.1 Å². The molecule has 6 rings (SSSR count). The van der Waals surface area contributed by atoms with Crippen molar-refractivity contribution in [3.63, 3.8) is 0 Å². The van der Waals surface area contributed by atoms with Crippen molar-refractivity contribution in [3.05, 3.63) is 88.8 Å². The quantitative estimate of drug-likeness (QED) is 0.312. The fourth-order valence-corrected chi connectivity index (χ4v) is 5.16. The SMILES string of the molecule is CC(C)(C)OC(=O)N1CCN(Cc2ccc(-n3c(-c4cccnc4N)nc4ccc(-c5cccc(=O)[nH]5)nc43)cc2)CC1. The molecule has 1 aromatic carbocycles. The van der Waals surface area contributed by atoms with E-state index in [1.807, 2.05) is 67.8 Å². The molecular formula is C32H34N8O3. The predicted molar refractivity (Wildman–Crippen MR) is 166 cm³/mol. The Labute approximate surface area is 249 Å². The highest BCUT2D eigenvalue weighted by Gasteiger charge is 2.26. The van der Waals surface area contributed by atoms with Crippen molar-refractivity contribution in [2.75, 3.05) is 31.9 Å². The van der Waals surface area contributed by atoms with Crippen molar-refractivity contribution in [3.8, 4) is 28.5 Å². The van der Waals surface area contributed by atoms with Crippen LogP contribution in [0.4, 0.5) is 10.6 Å². The summed E-state index contributed by atoms with van der Waals surface area (Å²) < 4.78 is 7.49. The average molecular weight is 579 g/mol. The largest absolute Gasteiger partial charge is 0.444 e. The number of hydrogen-bond acceptors (Lipinski definition) is 8. The molecule has 0 spiro atoms. The van der Waals surface area contributed by atoms with Gasteiger partial charge in [-0.2, -0.15) is 0 Å². The monoisotopic (exact) mass is 578 g/mol. The Morgan fingerprint density at radius 2 is 1.72 bits per heavy atom. The van der Waals surface area contributed by atoms with E-state index in [9.17, 15) is 9.59 Å². The summed E-state index contributed by atoms with van der Waals surface area (Å²) in [7, 11) is 0. The molecule has 43 heavy (non-hydrogen) atoms. The number of carbonyl (C=O) groups excluding carboxylic acids is 1. The second-order valence-corrected chi connectivity index (χ2v) is 11.6. The molecule has 1 amide bonds. The molecule has 11 heteroatoms. The standard InChI is InChI=1S/C32H34N8O3/c1-32(2,3)43-31(42)39-18-16-38(17-19-39)20-21-9-11-22(12-10-21)40-29(23-6-5-15-34-28(23)33)37-26-14-13-25(36-30(26)40)24-7-4-8-27(41)35-24/h4-15H,16-20H2,1-3H3,(H2,33,34)(H,35,41). The van der Waals surface area contributed by atoms with Crippen molar-refractivity contribution < 1.29 is 9.53 Å². The smallest absolute Gasteiger partial charge is 0.410 e. The zero-order valence-electron chi connectivity index (χ0n) is 24.4. The van der Waals surface area contributed by atoms with E-state index in [1.54, 1.807) is 17.2 Å². The van der Waals surface area contributed by atoms with Crippen LogP contribution in [-0.4, -0.2) is 72.2 Å². The number of amides is 1. The minimum atomic E-state index is -0.503. The molecule has 5 aromatic rings. The minimum absolute atomic E-state index is 0.196. The molecule has 0 saturated carbocycles. The van der Waals surface area contributed by atoms with E-state index >= 15 is 0 Å². The molecule has 11 nitrogen and oxygen atoms in total. The van der Waals surface area contributed by atoms with Crippen LogP contribution >= 0.6 is 0 Å². The summed E-state index contributed by atoms with van der Waals surface area (Å²) in [6.07, 6.45) is 1.39. The molecule has 1 aliphatic heterocycles. The van der Waals surface area contributed by atoms with Crippen molar-refractivity contribution in [1.29, 1.82) is 0 Å². The van der Waals surface area contributed by atoms with Gasteiger partial charge in [0.1, 0.15) is 16.9 Å². The number of nitrogens with two attached hydrogens (primary N) is 1. The zero-order chi connectivity index (χ0) is 30.1. The van der Waals surface area contributed by atoms with Gasteiger partial charge in [0.15, 0.2) is 11.5 Å². The van der Waals surface area contributed by atoms with E-state index in [4.69, 9.17) is 20.4 Å². The molecule has 3 N–H and O–H groups in total. The number of H-pyrrole nitrogens is 1. The van der Waals surface area contributed by atoms with Crippen LogP contribution in [0.25, 0.3) is 39.6 Å². The number of pyridine rings is 3. The van der Waals surface area contributed by atoms with E-state index < -0.39 is 5.60 Å². The van der Waals surface area contributed by atoms with E-state index in [-0.39, 0.29) is 11.7 Å². The Morgan fingerprint density at radius 1 is 0.953 bits per heavy atom. The molecule has 0 aliphatic carbocycles. The summed E-state index contributed by atoms with van der Waals surface area (Å²) in [5.41, 5.74) is 10.9. The number of hydrogen-bond donors (Lipinski definition) is 2. The van der Waals surface area contributed by atoms with Crippen LogP contribution in [0.5, 0.6) is 0 Å². The number of rotatable bonds is 5. The molecule has 0 bridgehead atoms. The first kappa shape index (κ1) is 28.1. The fraction of sp³-hybridized carbons (Fsp3) is 0.281. The van der Waals surface area contributed by atoms with E-state index in [0.29, 0.717) is 52.8 Å². The number of piperazine rings is 1. The van der Waals surface area contributed by atoms with Gasteiger partial charge >= 0.3 is 6.09 Å². The van der Waals surface area contributed by atoms with Gasteiger partial charge < -0.3 is 20.4 Å². The maximum atomic E-state index is 12.4. The fourth-order valence-electron chi connectivity index (χ4n) is 5.16. The summed E-state index contributed by atoms with van der Waals surface area (Å²) in [4.78, 5) is 45.4.